The van der Waals surface area contributed by atoms with Gasteiger partial charge in [0.25, 0.3) is 0 Å². The zero-order valence-corrected chi connectivity index (χ0v) is 17.9. The van der Waals surface area contributed by atoms with Gasteiger partial charge in [-0.1, -0.05) is 18.2 Å². The summed E-state index contributed by atoms with van der Waals surface area (Å²) in [7, 11) is 1.83. The Kier molecular flexibility index (Phi) is 6.39. The maximum atomic E-state index is 13.9. The molecule has 2 aliphatic rings. The van der Waals surface area contributed by atoms with Crippen LogP contribution in [0.2, 0.25) is 0 Å². The first-order valence-corrected chi connectivity index (χ1v) is 9.65. The van der Waals surface area contributed by atoms with E-state index >= 15 is 0 Å². The highest BCUT2D eigenvalue weighted by molar-refractivity contribution is 14.0. The van der Waals surface area contributed by atoms with Crippen LogP contribution in [0, 0.1) is 5.82 Å². The number of piperazine rings is 1. The molecule has 0 amide bonds. The van der Waals surface area contributed by atoms with Crippen molar-refractivity contribution in [3.8, 4) is 0 Å². The van der Waals surface area contributed by atoms with Crippen molar-refractivity contribution in [1.29, 1.82) is 0 Å². The molecule has 1 saturated heterocycles. The standard InChI is InChI=1S/C19H23FN4S.HI/c1-21-19(22-17-13-15(17)14-5-2-3-6-16(14)20)24-10-8-23(9-11-24)18-7-4-12-25-18;/h2-7,12,15,17H,8-11,13H2,1H3,(H,21,22);1H. The lowest BCUT2D eigenvalue weighted by molar-refractivity contribution is 0.373. The molecular formula is C19H24FIN4S. The predicted molar refractivity (Wildman–Crippen MR) is 118 cm³/mol. The molecule has 1 aliphatic heterocycles. The van der Waals surface area contributed by atoms with E-state index in [1.807, 2.05) is 19.2 Å². The topological polar surface area (TPSA) is 30.9 Å². The van der Waals surface area contributed by atoms with Crippen LogP contribution in [0.15, 0.2) is 46.8 Å². The Labute approximate surface area is 175 Å². The van der Waals surface area contributed by atoms with E-state index in [9.17, 15) is 4.39 Å². The molecule has 1 aromatic heterocycles. The van der Waals surface area contributed by atoms with E-state index in [0.29, 0.717) is 0 Å². The highest BCUT2D eigenvalue weighted by Gasteiger charge is 2.41. The smallest absolute Gasteiger partial charge is 0.194 e. The van der Waals surface area contributed by atoms with Crippen molar-refractivity contribution in [2.75, 3.05) is 38.1 Å². The van der Waals surface area contributed by atoms with Crippen LogP contribution in [0.1, 0.15) is 17.9 Å². The third-order valence-electron chi connectivity index (χ3n) is 5.02. The van der Waals surface area contributed by atoms with Crippen LogP contribution < -0.4 is 10.2 Å². The summed E-state index contributed by atoms with van der Waals surface area (Å²) in [5.74, 6) is 1.09. The van der Waals surface area contributed by atoms with Gasteiger partial charge in [-0.05, 0) is 35.6 Å². The van der Waals surface area contributed by atoms with E-state index in [0.717, 1.165) is 44.1 Å². The Morgan fingerprint density at radius 2 is 1.92 bits per heavy atom. The van der Waals surface area contributed by atoms with Gasteiger partial charge in [-0.3, -0.25) is 4.99 Å². The zero-order chi connectivity index (χ0) is 17.2. The number of aliphatic imine (C=N–C) groups is 1. The minimum Gasteiger partial charge on any atom is -0.360 e. The van der Waals surface area contributed by atoms with Gasteiger partial charge in [-0.25, -0.2) is 4.39 Å². The quantitative estimate of drug-likeness (QED) is 0.408. The minimum absolute atomic E-state index is 0. The number of halogens is 2. The van der Waals surface area contributed by atoms with E-state index in [1.165, 1.54) is 5.00 Å². The summed E-state index contributed by atoms with van der Waals surface area (Å²) in [4.78, 5) is 9.18. The van der Waals surface area contributed by atoms with Crippen molar-refractivity contribution in [1.82, 2.24) is 10.2 Å². The highest BCUT2D eigenvalue weighted by Crippen LogP contribution is 2.41. The number of hydrogen-bond acceptors (Lipinski definition) is 3. The molecule has 0 radical (unpaired) electrons. The summed E-state index contributed by atoms with van der Waals surface area (Å²) in [6, 6.07) is 11.7. The zero-order valence-electron chi connectivity index (χ0n) is 14.8. The van der Waals surface area contributed by atoms with Crippen LogP contribution in [0.25, 0.3) is 0 Å². The Balaban J connectivity index is 0.00000196. The first kappa shape index (κ1) is 19.4. The number of hydrogen-bond donors (Lipinski definition) is 1. The summed E-state index contributed by atoms with van der Waals surface area (Å²) in [5.41, 5.74) is 0.818. The van der Waals surface area contributed by atoms with Crippen molar-refractivity contribution < 1.29 is 4.39 Å². The average Bonchev–Trinajstić information content (AvgIpc) is 3.18. The monoisotopic (exact) mass is 486 g/mol. The van der Waals surface area contributed by atoms with Gasteiger partial charge in [0.15, 0.2) is 5.96 Å². The number of nitrogens with one attached hydrogen (secondary N) is 1. The maximum Gasteiger partial charge on any atom is 0.194 e. The fourth-order valence-electron chi connectivity index (χ4n) is 3.53. The third-order valence-corrected chi connectivity index (χ3v) is 5.95. The first-order chi connectivity index (χ1) is 12.3. The molecule has 0 bridgehead atoms. The van der Waals surface area contributed by atoms with E-state index in [2.05, 4.69) is 37.6 Å². The summed E-state index contributed by atoms with van der Waals surface area (Å²) in [6.07, 6.45) is 0.967. The number of guanidine groups is 1. The Bertz CT molecular complexity index is 744. The number of thiophene rings is 1. The van der Waals surface area contributed by atoms with Crippen molar-refractivity contribution >= 4 is 46.3 Å². The van der Waals surface area contributed by atoms with Crippen LogP contribution in [0.4, 0.5) is 9.39 Å². The van der Waals surface area contributed by atoms with E-state index in [4.69, 9.17) is 0 Å². The normalized spacial score (nSPS) is 22.8. The maximum absolute atomic E-state index is 13.9. The number of rotatable bonds is 3. The summed E-state index contributed by atoms with van der Waals surface area (Å²) in [6.45, 7) is 3.91. The van der Waals surface area contributed by atoms with E-state index in [1.54, 1.807) is 23.5 Å². The Morgan fingerprint density at radius 3 is 2.58 bits per heavy atom. The minimum atomic E-state index is -0.101. The predicted octanol–water partition coefficient (Wildman–Crippen LogP) is 3.76. The number of benzene rings is 1. The lowest BCUT2D eigenvalue weighted by atomic mass is 10.1. The second-order valence-corrected chi connectivity index (χ2v) is 7.51. The lowest BCUT2D eigenvalue weighted by Gasteiger charge is -2.37. The summed E-state index contributed by atoms with van der Waals surface area (Å²) < 4.78 is 13.9. The second kappa shape index (κ2) is 8.56. The number of nitrogens with zero attached hydrogens (tertiary/aromatic N) is 3. The molecule has 0 spiro atoms. The van der Waals surface area contributed by atoms with Crippen LogP contribution in [-0.4, -0.2) is 50.1 Å². The van der Waals surface area contributed by atoms with Crippen molar-refractivity contribution in [2.24, 2.45) is 4.99 Å². The largest absolute Gasteiger partial charge is 0.360 e. The van der Waals surface area contributed by atoms with Gasteiger partial charge in [0.05, 0.1) is 5.00 Å². The van der Waals surface area contributed by atoms with Gasteiger partial charge in [0.1, 0.15) is 5.82 Å². The van der Waals surface area contributed by atoms with E-state index in [-0.39, 0.29) is 41.8 Å². The fourth-order valence-corrected chi connectivity index (χ4v) is 4.31. The van der Waals surface area contributed by atoms with Crippen molar-refractivity contribution in [2.45, 2.75) is 18.4 Å². The van der Waals surface area contributed by atoms with Crippen molar-refractivity contribution in [3.63, 3.8) is 0 Å². The highest BCUT2D eigenvalue weighted by atomic mass is 127. The molecule has 2 fully saturated rings. The molecule has 1 aliphatic carbocycles. The first-order valence-electron chi connectivity index (χ1n) is 8.77. The van der Waals surface area contributed by atoms with Crippen LogP contribution in [0.3, 0.4) is 0 Å². The van der Waals surface area contributed by atoms with Crippen LogP contribution in [-0.2, 0) is 0 Å². The fraction of sp³-hybridized carbons (Fsp3) is 0.421. The second-order valence-electron chi connectivity index (χ2n) is 6.59. The Hall–Kier alpha value is -1.35. The summed E-state index contributed by atoms with van der Waals surface area (Å²) in [5, 5.41) is 6.99. The molecule has 2 aromatic rings. The molecule has 4 rings (SSSR count). The van der Waals surface area contributed by atoms with Gasteiger partial charge >= 0.3 is 0 Å². The van der Waals surface area contributed by atoms with Gasteiger partial charge in [-0.2, -0.15) is 0 Å². The van der Waals surface area contributed by atoms with Crippen LogP contribution in [0.5, 0.6) is 0 Å². The average molecular weight is 486 g/mol. The molecule has 26 heavy (non-hydrogen) atoms. The molecule has 2 unspecified atom stereocenters. The SMILES string of the molecule is CN=C(NC1CC1c1ccccc1F)N1CCN(c2cccs2)CC1.I. The van der Waals surface area contributed by atoms with E-state index < -0.39 is 0 Å². The molecule has 7 heteroatoms. The lowest BCUT2D eigenvalue weighted by Crippen LogP contribution is -2.53. The van der Waals surface area contributed by atoms with Gasteiger partial charge in [0.2, 0.25) is 0 Å². The summed E-state index contributed by atoms with van der Waals surface area (Å²) >= 11 is 1.79. The molecule has 140 valence electrons. The molecule has 1 N–H and O–H groups in total. The third kappa shape index (κ3) is 4.14. The molecular weight excluding hydrogens is 462 g/mol. The van der Waals surface area contributed by atoms with Gasteiger partial charge in [-0.15, -0.1) is 35.3 Å². The van der Waals surface area contributed by atoms with Crippen LogP contribution >= 0.6 is 35.3 Å². The van der Waals surface area contributed by atoms with Gasteiger partial charge in [0, 0.05) is 45.2 Å². The van der Waals surface area contributed by atoms with Gasteiger partial charge < -0.3 is 15.1 Å². The molecule has 2 atom stereocenters. The Morgan fingerprint density at radius 1 is 1.15 bits per heavy atom. The molecule has 1 saturated carbocycles. The molecule has 2 heterocycles. The molecule has 1 aromatic carbocycles. The number of anilines is 1. The molecule has 4 nitrogen and oxygen atoms in total. The van der Waals surface area contributed by atoms with Crippen molar-refractivity contribution in [3.05, 3.63) is 53.2 Å².